The van der Waals surface area contributed by atoms with E-state index in [4.69, 9.17) is 4.98 Å². The summed E-state index contributed by atoms with van der Waals surface area (Å²) < 4.78 is 14.0. The standard InChI is InChI=1S/C22H23FN4OS/c1-13-24-20(19-16-6-4-8-18(16)29-21(19)25-13)26-14-9-11-27(12-10-14)22(28)15-5-2-3-7-17(15)23/h2-3,5,7,14H,4,6,8-12H2,1H3,(H,24,25,26). The number of nitrogens with zero attached hydrogens (tertiary/aromatic N) is 3. The summed E-state index contributed by atoms with van der Waals surface area (Å²) in [5.74, 6) is 1.04. The fourth-order valence-corrected chi connectivity index (χ4v) is 5.74. The number of aromatic nitrogens is 2. The topological polar surface area (TPSA) is 58.1 Å². The number of thiophene rings is 1. The average molecular weight is 411 g/mol. The van der Waals surface area contributed by atoms with Crippen molar-refractivity contribution in [3.8, 4) is 0 Å². The molecule has 5 nitrogen and oxygen atoms in total. The Morgan fingerprint density at radius 1 is 1.21 bits per heavy atom. The normalized spacial score (nSPS) is 17.0. The van der Waals surface area contributed by atoms with Crippen molar-refractivity contribution in [2.45, 2.75) is 45.1 Å². The number of aryl methyl sites for hydroxylation is 3. The summed E-state index contributed by atoms with van der Waals surface area (Å²) >= 11 is 1.80. The first-order valence-electron chi connectivity index (χ1n) is 10.2. The quantitative estimate of drug-likeness (QED) is 0.698. The Kier molecular flexibility index (Phi) is 4.70. The average Bonchev–Trinajstić information content (AvgIpc) is 3.29. The number of benzene rings is 1. The van der Waals surface area contributed by atoms with Gasteiger partial charge in [-0.2, -0.15) is 0 Å². The Morgan fingerprint density at radius 2 is 2.00 bits per heavy atom. The lowest BCUT2D eigenvalue weighted by atomic mass is 10.0. The maximum Gasteiger partial charge on any atom is 0.256 e. The predicted octanol–water partition coefficient (Wildman–Crippen LogP) is 4.34. The molecular weight excluding hydrogens is 387 g/mol. The Morgan fingerprint density at radius 3 is 2.79 bits per heavy atom. The van der Waals surface area contributed by atoms with E-state index < -0.39 is 5.82 Å². The van der Waals surface area contributed by atoms with E-state index in [0.29, 0.717) is 13.1 Å². The largest absolute Gasteiger partial charge is 0.367 e. The van der Waals surface area contributed by atoms with Crippen LogP contribution in [0, 0.1) is 12.7 Å². The van der Waals surface area contributed by atoms with Crippen molar-refractivity contribution in [2.24, 2.45) is 0 Å². The minimum atomic E-state index is -0.456. The molecule has 1 aromatic carbocycles. The van der Waals surface area contributed by atoms with Crippen molar-refractivity contribution in [1.29, 1.82) is 0 Å². The summed E-state index contributed by atoms with van der Waals surface area (Å²) in [6, 6.07) is 6.44. The molecule has 0 unspecified atom stereocenters. The van der Waals surface area contributed by atoms with Crippen LogP contribution in [0.2, 0.25) is 0 Å². The molecule has 7 heteroatoms. The second-order valence-corrected chi connectivity index (χ2v) is 8.93. The van der Waals surface area contributed by atoms with Gasteiger partial charge < -0.3 is 10.2 Å². The lowest BCUT2D eigenvalue weighted by Crippen LogP contribution is -2.42. The third-order valence-corrected chi connectivity index (χ3v) is 7.09. The zero-order valence-corrected chi connectivity index (χ0v) is 17.2. The summed E-state index contributed by atoms with van der Waals surface area (Å²) in [6.45, 7) is 3.16. The Hall–Kier alpha value is -2.54. The van der Waals surface area contributed by atoms with Gasteiger partial charge in [-0.1, -0.05) is 12.1 Å². The van der Waals surface area contributed by atoms with Gasteiger partial charge >= 0.3 is 0 Å². The first kappa shape index (κ1) is 18.5. The lowest BCUT2D eigenvalue weighted by Gasteiger charge is -2.33. The molecule has 29 heavy (non-hydrogen) atoms. The van der Waals surface area contributed by atoms with Gasteiger partial charge in [-0.05, 0) is 56.7 Å². The second-order valence-electron chi connectivity index (χ2n) is 7.85. The molecule has 1 aliphatic heterocycles. The number of carbonyl (C=O) groups is 1. The summed E-state index contributed by atoms with van der Waals surface area (Å²) in [5.41, 5.74) is 1.57. The molecule has 1 saturated heterocycles. The first-order chi connectivity index (χ1) is 14.1. The molecule has 0 bridgehead atoms. The number of hydrogen-bond donors (Lipinski definition) is 1. The van der Waals surface area contributed by atoms with E-state index in [1.54, 1.807) is 34.4 Å². The number of anilines is 1. The van der Waals surface area contributed by atoms with Gasteiger partial charge in [0, 0.05) is 24.0 Å². The van der Waals surface area contributed by atoms with Crippen molar-refractivity contribution < 1.29 is 9.18 Å². The molecule has 2 aromatic heterocycles. The number of rotatable bonds is 3. The Labute approximate surface area is 173 Å². The molecule has 1 amide bonds. The molecule has 5 rings (SSSR count). The first-order valence-corrected chi connectivity index (χ1v) is 11.0. The van der Waals surface area contributed by atoms with Gasteiger partial charge in [0.25, 0.3) is 5.91 Å². The smallest absolute Gasteiger partial charge is 0.256 e. The summed E-state index contributed by atoms with van der Waals surface area (Å²) in [6.07, 6.45) is 5.09. The highest BCUT2D eigenvalue weighted by Gasteiger charge is 2.27. The van der Waals surface area contributed by atoms with E-state index in [1.165, 1.54) is 28.3 Å². The van der Waals surface area contributed by atoms with Crippen molar-refractivity contribution in [3.05, 3.63) is 51.9 Å². The van der Waals surface area contributed by atoms with Crippen LogP contribution >= 0.6 is 11.3 Å². The zero-order valence-electron chi connectivity index (χ0n) is 16.4. The van der Waals surface area contributed by atoms with Gasteiger partial charge in [-0.15, -0.1) is 11.3 Å². The minimum absolute atomic E-state index is 0.154. The highest BCUT2D eigenvalue weighted by atomic mass is 32.1. The number of piperidine rings is 1. The third kappa shape index (κ3) is 3.37. The van der Waals surface area contributed by atoms with Crippen molar-refractivity contribution in [2.75, 3.05) is 18.4 Å². The summed E-state index contributed by atoms with van der Waals surface area (Å²) in [5, 5.41) is 4.83. The minimum Gasteiger partial charge on any atom is -0.367 e. The van der Waals surface area contributed by atoms with Crippen molar-refractivity contribution in [3.63, 3.8) is 0 Å². The number of likely N-dealkylation sites (tertiary alicyclic amines) is 1. The van der Waals surface area contributed by atoms with E-state index in [9.17, 15) is 9.18 Å². The van der Waals surface area contributed by atoms with E-state index in [0.717, 1.165) is 42.2 Å². The fourth-order valence-electron chi connectivity index (χ4n) is 4.43. The number of nitrogens with one attached hydrogen (secondary N) is 1. The molecule has 150 valence electrons. The van der Waals surface area contributed by atoms with Crippen LogP contribution in [0.1, 0.15) is 45.9 Å². The monoisotopic (exact) mass is 410 g/mol. The van der Waals surface area contributed by atoms with Crippen LogP contribution < -0.4 is 5.32 Å². The molecule has 2 aliphatic rings. The van der Waals surface area contributed by atoms with Crippen LogP contribution in [0.4, 0.5) is 10.2 Å². The second kappa shape index (κ2) is 7.37. The number of amides is 1. The molecule has 0 radical (unpaired) electrons. The van der Waals surface area contributed by atoms with Crippen LogP contribution in [0.25, 0.3) is 10.2 Å². The van der Waals surface area contributed by atoms with Crippen molar-refractivity contribution >= 4 is 33.3 Å². The predicted molar refractivity (Wildman–Crippen MR) is 113 cm³/mol. The number of fused-ring (bicyclic) bond motifs is 3. The number of carbonyl (C=O) groups excluding carboxylic acids is 1. The van der Waals surface area contributed by atoms with E-state index >= 15 is 0 Å². The maximum atomic E-state index is 14.0. The van der Waals surface area contributed by atoms with E-state index in [2.05, 4.69) is 10.3 Å². The Bertz CT molecular complexity index is 1090. The number of hydrogen-bond acceptors (Lipinski definition) is 5. The van der Waals surface area contributed by atoms with Gasteiger partial charge in [-0.25, -0.2) is 14.4 Å². The molecule has 1 N–H and O–H groups in total. The van der Waals surface area contributed by atoms with E-state index in [-0.39, 0.29) is 17.5 Å². The van der Waals surface area contributed by atoms with E-state index in [1.807, 2.05) is 6.92 Å². The molecule has 1 fully saturated rings. The summed E-state index contributed by atoms with van der Waals surface area (Å²) in [7, 11) is 0. The molecule has 3 heterocycles. The van der Waals surface area contributed by atoms with Gasteiger partial charge in [0.15, 0.2) is 0 Å². The maximum absolute atomic E-state index is 14.0. The van der Waals surface area contributed by atoms with Crippen LogP contribution in [0.15, 0.2) is 24.3 Å². The summed E-state index contributed by atoms with van der Waals surface area (Å²) in [4.78, 5) is 26.3. The Balaban J connectivity index is 1.31. The van der Waals surface area contributed by atoms with Gasteiger partial charge in [0.05, 0.1) is 10.9 Å². The zero-order chi connectivity index (χ0) is 20.0. The molecular formula is C22H23FN4OS. The van der Waals surface area contributed by atoms with Gasteiger partial charge in [-0.3, -0.25) is 4.79 Å². The highest BCUT2D eigenvalue weighted by molar-refractivity contribution is 7.19. The molecule has 0 spiro atoms. The van der Waals surface area contributed by atoms with Crippen LogP contribution in [-0.2, 0) is 12.8 Å². The molecule has 0 atom stereocenters. The number of halogens is 1. The van der Waals surface area contributed by atoms with Gasteiger partial charge in [0.1, 0.15) is 22.3 Å². The third-order valence-electron chi connectivity index (χ3n) is 5.90. The van der Waals surface area contributed by atoms with Gasteiger partial charge in [0.2, 0.25) is 0 Å². The SMILES string of the molecule is Cc1nc(NC2CCN(C(=O)c3ccccc3F)CC2)c2c3c(sc2n1)CCC3. The molecule has 3 aromatic rings. The fraction of sp³-hybridized carbons (Fsp3) is 0.409. The highest BCUT2D eigenvalue weighted by Crippen LogP contribution is 2.39. The molecule has 1 aliphatic carbocycles. The van der Waals surface area contributed by atoms with Crippen LogP contribution in [0.3, 0.4) is 0 Å². The van der Waals surface area contributed by atoms with Crippen molar-refractivity contribution in [1.82, 2.24) is 14.9 Å². The molecule has 0 saturated carbocycles. The van der Waals surface area contributed by atoms with Crippen LogP contribution in [-0.4, -0.2) is 39.9 Å². The lowest BCUT2D eigenvalue weighted by molar-refractivity contribution is 0.0713. The van der Waals surface area contributed by atoms with Crippen LogP contribution in [0.5, 0.6) is 0 Å².